The molecule has 0 aliphatic heterocycles. The van der Waals surface area contributed by atoms with Crippen molar-refractivity contribution in [1.82, 2.24) is 25.3 Å². The van der Waals surface area contributed by atoms with E-state index in [9.17, 15) is 0 Å². The molecule has 8 nitrogen and oxygen atoms in total. The predicted molar refractivity (Wildman–Crippen MR) is 79.0 cm³/mol. The molecule has 0 spiro atoms. The van der Waals surface area contributed by atoms with E-state index < -0.39 is 5.54 Å². The van der Waals surface area contributed by atoms with Gasteiger partial charge < -0.3 is 14.8 Å². The first-order chi connectivity index (χ1) is 11.2. The number of hydrogen-bond donors (Lipinski definition) is 1. The van der Waals surface area contributed by atoms with Crippen molar-refractivity contribution >= 4 is 0 Å². The van der Waals surface area contributed by atoms with Gasteiger partial charge in [-0.1, -0.05) is 10.3 Å². The predicted octanol–water partition coefficient (Wildman–Crippen LogP) is 1.64. The van der Waals surface area contributed by atoms with E-state index in [1.54, 1.807) is 12.4 Å². The summed E-state index contributed by atoms with van der Waals surface area (Å²) in [5.41, 5.74) is 6.65. The quantitative estimate of drug-likeness (QED) is 0.755. The molecule has 0 amide bonds. The summed E-state index contributed by atoms with van der Waals surface area (Å²) in [5, 5.41) is 7.96. The zero-order chi connectivity index (χ0) is 15.7. The molecule has 4 rings (SSSR count). The molecule has 3 aromatic heterocycles. The summed E-state index contributed by atoms with van der Waals surface area (Å²) in [6, 6.07) is 3.66. The lowest BCUT2D eigenvalue weighted by atomic mass is 9.77. The minimum Gasteiger partial charge on any atom is -0.339 e. The second-order valence-electron chi connectivity index (χ2n) is 5.77. The van der Waals surface area contributed by atoms with Crippen LogP contribution < -0.4 is 5.73 Å². The summed E-state index contributed by atoms with van der Waals surface area (Å²) in [7, 11) is 0. The minimum atomic E-state index is -0.402. The second-order valence-corrected chi connectivity index (χ2v) is 5.77. The van der Waals surface area contributed by atoms with Crippen molar-refractivity contribution in [1.29, 1.82) is 0 Å². The van der Waals surface area contributed by atoms with E-state index in [2.05, 4.69) is 25.3 Å². The van der Waals surface area contributed by atoms with Crippen LogP contribution in [0.5, 0.6) is 0 Å². The summed E-state index contributed by atoms with van der Waals surface area (Å²) in [6.07, 6.45) is 7.39. The first-order valence-corrected chi connectivity index (χ1v) is 7.58. The Bertz CT molecular complexity index is 793. The SMILES string of the molecule is NC1(c2noc(CCc3nc(-c4ccncc4)no3)n2)CCC1. The zero-order valence-corrected chi connectivity index (χ0v) is 12.5. The molecule has 3 heterocycles. The summed E-state index contributed by atoms with van der Waals surface area (Å²) in [5.74, 6) is 2.22. The van der Waals surface area contributed by atoms with Crippen molar-refractivity contribution in [2.45, 2.75) is 37.6 Å². The van der Waals surface area contributed by atoms with Gasteiger partial charge in [-0.15, -0.1) is 0 Å². The molecule has 3 aromatic rings. The van der Waals surface area contributed by atoms with Crippen LogP contribution >= 0.6 is 0 Å². The van der Waals surface area contributed by atoms with Gasteiger partial charge in [0.15, 0.2) is 5.82 Å². The first kappa shape index (κ1) is 14.0. The smallest absolute Gasteiger partial charge is 0.227 e. The Morgan fingerprint density at radius 1 is 1.00 bits per heavy atom. The maximum atomic E-state index is 6.18. The average molecular weight is 312 g/mol. The van der Waals surface area contributed by atoms with E-state index in [4.69, 9.17) is 14.8 Å². The maximum absolute atomic E-state index is 6.18. The molecule has 2 N–H and O–H groups in total. The average Bonchev–Trinajstić information content (AvgIpc) is 3.21. The Morgan fingerprint density at radius 2 is 1.70 bits per heavy atom. The van der Waals surface area contributed by atoms with E-state index in [-0.39, 0.29) is 0 Å². The molecule has 1 aliphatic carbocycles. The molecular weight excluding hydrogens is 296 g/mol. The van der Waals surface area contributed by atoms with E-state index in [1.165, 1.54) is 0 Å². The maximum Gasteiger partial charge on any atom is 0.227 e. The summed E-state index contributed by atoms with van der Waals surface area (Å²) < 4.78 is 10.5. The molecule has 0 unspecified atom stereocenters. The standard InChI is InChI=1S/C15H16N6O2/c16-15(6-1-7-15)14-19-12(23-21-14)3-2-11-18-13(20-22-11)10-4-8-17-9-5-10/h4-5,8-9H,1-3,6-7,16H2. The van der Waals surface area contributed by atoms with Crippen molar-refractivity contribution < 1.29 is 9.05 Å². The van der Waals surface area contributed by atoms with Gasteiger partial charge in [0.1, 0.15) is 0 Å². The fourth-order valence-corrected chi connectivity index (χ4v) is 2.53. The van der Waals surface area contributed by atoms with E-state index in [1.807, 2.05) is 12.1 Å². The van der Waals surface area contributed by atoms with Crippen LogP contribution in [-0.4, -0.2) is 25.3 Å². The van der Waals surface area contributed by atoms with Crippen molar-refractivity contribution in [3.63, 3.8) is 0 Å². The largest absolute Gasteiger partial charge is 0.339 e. The third-order valence-corrected chi connectivity index (χ3v) is 4.12. The molecule has 0 aromatic carbocycles. The number of aromatic nitrogens is 5. The monoisotopic (exact) mass is 312 g/mol. The van der Waals surface area contributed by atoms with Crippen LogP contribution in [0.1, 0.15) is 36.9 Å². The topological polar surface area (TPSA) is 117 Å². The molecule has 1 aliphatic rings. The van der Waals surface area contributed by atoms with Crippen LogP contribution in [0.3, 0.4) is 0 Å². The number of aryl methyl sites for hydroxylation is 2. The third-order valence-electron chi connectivity index (χ3n) is 4.12. The highest BCUT2D eigenvalue weighted by Crippen LogP contribution is 2.36. The summed E-state index contributed by atoms with van der Waals surface area (Å²) >= 11 is 0. The lowest BCUT2D eigenvalue weighted by molar-refractivity contribution is 0.229. The van der Waals surface area contributed by atoms with E-state index in [0.717, 1.165) is 24.8 Å². The fraction of sp³-hybridized carbons (Fsp3) is 0.400. The molecule has 1 saturated carbocycles. The van der Waals surface area contributed by atoms with Crippen LogP contribution in [0.4, 0.5) is 0 Å². The Kier molecular flexibility index (Phi) is 3.38. The summed E-state index contributed by atoms with van der Waals surface area (Å²) in [6.45, 7) is 0. The normalized spacial score (nSPS) is 16.2. The number of nitrogens with zero attached hydrogens (tertiary/aromatic N) is 5. The lowest BCUT2D eigenvalue weighted by Gasteiger charge is -2.34. The summed E-state index contributed by atoms with van der Waals surface area (Å²) in [4.78, 5) is 12.7. The van der Waals surface area contributed by atoms with Crippen LogP contribution in [0.2, 0.25) is 0 Å². The Labute approximate surface area is 132 Å². The highest BCUT2D eigenvalue weighted by atomic mass is 16.5. The minimum absolute atomic E-state index is 0.402. The van der Waals surface area contributed by atoms with Gasteiger partial charge in [-0.3, -0.25) is 4.98 Å². The van der Waals surface area contributed by atoms with Gasteiger partial charge in [-0.2, -0.15) is 9.97 Å². The Balaban J connectivity index is 1.41. The number of nitrogens with two attached hydrogens (primary N) is 1. The van der Waals surface area contributed by atoms with Gasteiger partial charge in [-0.25, -0.2) is 0 Å². The van der Waals surface area contributed by atoms with Gasteiger partial charge in [-0.05, 0) is 31.4 Å². The van der Waals surface area contributed by atoms with Crippen LogP contribution in [0.15, 0.2) is 33.6 Å². The molecule has 1 fully saturated rings. The molecule has 118 valence electrons. The molecule has 0 saturated heterocycles. The molecule has 0 radical (unpaired) electrons. The highest BCUT2D eigenvalue weighted by molar-refractivity contribution is 5.52. The third kappa shape index (κ3) is 2.72. The molecule has 8 heteroatoms. The van der Waals surface area contributed by atoms with E-state index in [0.29, 0.717) is 36.3 Å². The van der Waals surface area contributed by atoms with Crippen molar-refractivity contribution in [2.24, 2.45) is 5.73 Å². The fourth-order valence-electron chi connectivity index (χ4n) is 2.53. The van der Waals surface area contributed by atoms with Crippen molar-refractivity contribution in [2.75, 3.05) is 0 Å². The molecule has 0 atom stereocenters. The van der Waals surface area contributed by atoms with Crippen LogP contribution in [-0.2, 0) is 18.4 Å². The van der Waals surface area contributed by atoms with Crippen molar-refractivity contribution in [3.8, 4) is 11.4 Å². The van der Waals surface area contributed by atoms with Crippen molar-refractivity contribution in [3.05, 3.63) is 42.1 Å². The van der Waals surface area contributed by atoms with Gasteiger partial charge >= 0.3 is 0 Å². The zero-order valence-electron chi connectivity index (χ0n) is 12.5. The Morgan fingerprint density at radius 3 is 2.39 bits per heavy atom. The molecule has 23 heavy (non-hydrogen) atoms. The van der Waals surface area contributed by atoms with Gasteiger partial charge in [0, 0.05) is 30.8 Å². The Hall–Kier alpha value is -2.61. The number of rotatable bonds is 5. The van der Waals surface area contributed by atoms with E-state index >= 15 is 0 Å². The highest BCUT2D eigenvalue weighted by Gasteiger charge is 2.38. The van der Waals surface area contributed by atoms with Crippen LogP contribution in [0.25, 0.3) is 11.4 Å². The molecular formula is C15H16N6O2. The van der Waals surface area contributed by atoms with Gasteiger partial charge in [0.2, 0.25) is 17.6 Å². The first-order valence-electron chi connectivity index (χ1n) is 7.58. The molecule has 0 bridgehead atoms. The second kappa shape index (κ2) is 5.54. The van der Waals surface area contributed by atoms with Gasteiger partial charge in [0.05, 0.1) is 5.54 Å². The van der Waals surface area contributed by atoms with Gasteiger partial charge in [0.25, 0.3) is 0 Å². The van der Waals surface area contributed by atoms with Crippen LogP contribution in [0, 0.1) is 0 Å². The number of pyridine rings is 1. The number of hydrogen-bond acceptors (Lipinski definition) is 8. The lowest BCUT2D eigenvalue weighted by Crippen LogP contribution is -2.44.